The van der Waals surface area contributed by atoms with Crippen molar-refractivity contribution in [2.24, 2.45) is 5.92 Å². The standard InChI is InChI=1S/C18H26N2O4S/c21-16-8-4-7-15(12-16)19-18(22)14-6-5-11-20(13-14)25(23,24)17-9-2-1-3-10-17/h1-3,9-10,14-16,21H,4-8,11-13H2,(H,19,22)/t14-,15?,16?/m0/s1. The summed E-state index contributed by atoms with van der Waals surface area (Å²) in [5.41, 5.74) is 0. The van der Waals surface area contributed by atoms with Gasteiger partial charge in [-0.05, 0) is 50.7 Å². The summed E-state index contributed by atoms with van der Waals surface area (Å²) in [7, 11) is -3.56. The van der Waals surface area contributed by atoms with E-state index in [0.717, 1.165) is 19.3 Å². The smallest absolute Gasteiger partial charge is 0.243 e. The van der Waals surface area contributed by atoms with Crippen LogP contribution in [0.3, 0.4) is 0 Å². The van der Waals surface area contributed by atoms with Crippen molar-refractivity contribution in [3.05, 3.63) is 30.3 Å². The lowest BCUT2D eigenvalue weighted by atomic mass is 9.91. The van der Waals surface area contributed by atoms with Crippen LogP contribution < -0.4 is 5.32 Å². The Labute approximate surface area is 149 Å². The highest BCUT2D eigenvalue weighted by Gasteiger charge is 2.34. The zero-order valence-electron chi connectivity index (χ0n) is 14.3. The number of carbonyl (C=O) groups excluding carboxylic acids is 1. The lowest BCUT2D eigenvalue weighted by Gasteiger charge is -2.33. The first-order valence-electron chi connectivity index (χ1n) is 9.00. The van der Waals surface area contributed by atoms with E-state index in [1.807, 2.05) is 0 Å². The number of hydrogen-bond donors (Lipinski definition) is 2. The third kappa shape index (κ3) is 4.40. The molecule has 138 valence electrons. The first kappa shape index (κ1) is 18.4. The summed E-state index contributed by atoms with van der Waals surface area (Å²) >= 11 is 0. The maximum Gasteiger partial charge on any atom is 0.243 e. The van der Waals surface area contributed by atoms with E-state index in [-0.39, 0.29) is 35.4 Å². The number of hydrogen-bond acceptors (Lipinski definition) is 4. The topological polar surface area (TPSA) is 86.7 Å². The van der Waals surface area contributed by atoms with Crippen molar-refractivity contribution in [3.8, 4) is 0 Å². The van der Waals surface area contributed by atoms with E-state index in [1.165, 1.54) is 4.31 Å². The molecule has 0 spiro atoms. The highest BCUT2D eigenvalue weighted by atomic mass is 32.2. The first-order chi connectivity index (χ1) is 12.0. The van der Waals surface area contributed by atoms with Crippen LogP contribution in [0.25, 0.3) is 0 Å². The number of aliphatic hydroxyl groups excluding tert-OH is 1. The van der Waals surface area contributed by atoms with Crippen LogP contribution in [0.1, 0.15) is 38.5 Å². The summed E-state index contributed by atoms with van der Waals surface area (Å²) in [5.74, 6) is -0.418. The SMILES string of the molecule is O=C(NC1CCCC(O)C1)[C@H]1CCCN(S(=O)(=O)c2ccccc2)C1. The molecule has 0 aromatic heterocycles. The molecule has 1 heterocycles. The Hall–Kier alpha value is -1.44. The number of sulfonamides is 1. The molecular formula is C18H26N2O4S. The van der Waals surface area contributed by atoms with Gasteiger partial charge in [0, 0.05) is 19.1 Å². The van der Waals surface area contributed by atoms with E-state index >= 15 is 0 Å². The van der Waals surface area contributed by atoms with Crippen molar-refractivity contribution in [2.45, 2.75) is 55.6 Å². The summed E-state index contributed by atoms with van der Waals surface area (Å²) in [4.78, 5) is 12.8. The molecule has 1 aliphatic carbocycles. The molecule has 2 unspecified atom stereocenters. The van der Waals surface area contributed by atoms with E-state index in [2.05, 4.69) is 5.32 Å². The molecule has 25 heavy (non-hydrogen) atoms. The number of carbonyl (C=O) groups is 1. The van der Waals surface area contributed by atoms with Crippen LogP contribution in [0.2, 0.25) is 0 Å². The van der Waals surface area contributed by atoms with Gasteiger partial charge in [-0.2, -0.15) is 4.31 Å². The van der Waals surface area contributed by atoms with Gasteiger partial charge in [0.25, 0.3) is 0 Å². The number of aliphatic hydroxyl groups is 1. The molecule has 1 aromatic carbocycles. The summed E-state index contributed by atoms with van der Waals surface area (Å²) in [6.07, 6.45) is 4.19. The predicted molar refractivity (Wildman–Crippen MR) is 94.3 cm³/mol. The minimum atomic E-state index is -3.56. The summed E-state index contributed by atoms with van der Waals surface area (Å²) in [6.45, 7) is 0.668. The third-order valence-electron chi connectivity index (χ3n) is 5.13. The normalized spacial score (nSPS) is 28.4. The van der Waals surface area contributed by atoms with Crippen molar-refractivity contribution < 1.29 is 18.3 Å². The van der Waals surface area contributed by atoms with E-state index in [9.17, 15) is 18.3 Å². The minimum Gasteiger partial charge on any atom is -0.393 e. The molecule has 2 aliphatic rings. The Morgan fingerprint density at radius 1 is 1.12 bits per heavy atom. The second kappa shape index (κ2) is 7.85. The molecule has 2 fully saturated rings. The second-order valence-electron chi connectivity index (χ2n) is 7.04. The Kier molecular flexibility index (Phi) is 5.76. The number of nitrogens with zero attached hydrogens (tertiary/aromatic N) is 1. The van der Waals surface area contributed by atoms with Crippen LogP contribution in [0.4, 0.5) is 0 Å². The number of benzene rings is 1. The summed E-state index contributed by atoms with van der Waals surface area (Å²) in [5, 5.41) is 12.7. The van der Waals surface area contributed by atoms with Gasteiger partial charge in [-0.1, -0.05) is 18.2 Å². The van der Waals surface area contributed by atoms with Gasteiger partial charge in [0.2, 0.25) is 15.9 Å². The highest BCUT2D eigenvalue weighted by Crippen LogP contribution is 2.25. The fraction of sp³-hybridized carbons (Fsp3) is 0.611. The molecule has 7 heteroatoms. The zero-order chi connectivity index (χ0) is 17.9. The highest BCUT2D eigenvalue weighted by molar-refractivity contribution is 7.89. The van der Waals surface area contributed by atoms with E-state index in [0.29, 0.717) is 25.8 Å². The van der Waals surface area contributed by atoms with Crippen molar-refractivity contribution in [3.63, 3.8) is 0 Å². The van der Waals surface area contributed by atoms with Gasteiger partial charge >= 0.3 is 0 Å². The van der Waals surface area contributed by atoms with Crippen LogP contribution in [0, 0.1) is 5.92 Å². The Morgan fingerprint density at radius 3 is 2.60 bits per heavy atom. The minimum absolute atomic E-state index is 0.00245. The number of rotatable bonds is 4. The molecule has 6 nitrogen and oxygen atoms in total. The average molecular weight is 366 g/mol. The summed E-state index contributed by atoms with van der Waals surface area (Å²) in [6, 6.07) is 8.36. The van der Waals surface area contributed by atoms with Crippen LogP contribution in [0.5, 0.6) is 0 Å². The molecule has 3 atom stereocenters. The molecule has 1 aromatic rings. The van der Waals surface area contributed by atoms with Gasteiger partial charge < -0.3 is 10.4 Å². The maximum atomic E-state index is 12.7. The monoisotopic (exact) mass is 366 g/mol. The maximum absolute atomic E-state index is 12.7. The van der Waals surface area contributed by atoms with E-state index < -0.39 is 10.0 Å². The number of amides is 1. The van der Waals surface area contributed by atoms with Crippen molar-refractivity contribution in [1.29, 1.82) is 0 Å². The van der Waals surface area contributed by atoms with Gasteiger partial charge in [0.05, 0.1) is 16.9 Å². The van der Waals surface area contributed by atoms with E-state index in [1.54, 1.807) is 30.3 Å². The quantitative estimate of drug-likeness (QED) is 0.846. The van der Waals surface area contributed by atoms with Gasteiger partial charge in [-0.3, -0.25) is 4.79 Å². The van der Waals surface area contributed by atoms with Gasteiger partial charge in [0.1, 0.15) is 0 Å². The third-order valence-corrected chi connectivity index (χ3v) is 7.01. The second-order valence-corrected chi connectivity index (χ2v) is 8.98. The molecule has 1 saturated heterocycles. The fourth-order valence-electron chi connectivity index (χ4n) is 3.73. The molecule has 0 bridgehead atoms. The molecule has 1 saturated carbocycles. The number of nitrogens with one attached hydrogen (secondary N) is 1. The Morgan fingerprint density at radius 2 is 1.88 bits per heavy atom. The average Bonchev–Trinajstić information content (AvgIpc) is 2.62. The van der Waals surface area contributed by atoms with Crippen molar-refractivity contribution >= 4 is 15.9 Å². The van der Waals surface area contributed by atoms with Crippen LogP contribution >= 0.6 is 0 Å². The van der Waals surface area contributed by atoms with Crippen molar-refractivity contribution in [1.82, 2.24) is 9.62 Å². The molecule has 0 radical (unpaired) electrons. The number of piperidine rings is 1. The lowest BCUT2D eigenvalue weighted by molar-refractivity contribution is -0.127. The fourth-order valence-corrected chi connectivity index (χ4v) is 5.28. The largest absolute Gasteiger partial charge is 0.393 e. The van der Waals surface area contributed by atoms with Gasteiger partial charge in [-0.15, -0.1) is 0 Å². The molecular weight excluding hydrogens is 340 g/mol. The lowest BCUT2D eigenvalue weighted by Crippen LogP contribution is -2.48. The van der Waals surface area contributed by atoms with Crippen LogP contribution in [-0.4, -0.2) is 49.0 Å². The Bertz CT molecular complexity index is 692. The Balaban J connectivity index is 1.63. The molecule has 1 amide bonds. The van der Waals surface area contributed by atoms with Crippen molar-refractivity contribution in [2.75, 3.05) is 13.1 Å². The first-order valence-corrected chi connectivity index (χ1v) is 10.4. The molecule has 2 N–H and O–H groups in total. The van der Waals surface area contributed by atoms with E-state index in [4.69, 9.17) is 0 Å². The van der Waals surface area contributed by atoms with Crippen LogP contribution in [0.15, 0.2) is 35.2 Å². The molecule has 1 aliphatic heterocycles. The van der Waals surface area contributed by atoms with Gasteiger partial charge in [-0.25, -0.2) is 8.42 Å². The van der Waals surface area contributed by atoms with Crippen LogP contribution in [-0.2, 0) is 14.8 Å². The molecule has 3 rings (SSSR count). The predicted octanol–water partition coefficient (Wildman–Crippen LogP) is 1.51. The summed E-state index contributed by atoms with van der Waals surface area (Å²) < 4.78 is 26.9. The van der Waals surface area contributed by atoms with Gasteiger partial charge in [0.15, 0.2) is 0 Å². The zero-order valence-corrected chi connectivity index (χ0v) is 15.1.